The molecule has 0 saturated heterocycles. The summed E-state index contributed by atoms with van der Waals surface area (Å²) < 4.78 is 186. The molecular formula is C12H13F13O4P-. The van der Waals surface area contributed by atoms with Crippen molar-refractivity contribution in [1.82, 2.24) is 0 Å². The minimum Gasteiger partial charge on any atom is -0.756 e. The first-order valence-corrected chi connectivity index (χ1v) is 9.04. The van der Waals surface area contributed by atoms with Crippen molar-refractivity contribution in [1.29, 1.82) is 0 Å². The molecule has 0 amide bonds. The van der Waals surface area contributed by atoms with Gasteiger partial charge in [0.1, 0.15) is 0 Å². The number of phosphoric ester groups is 1. The second-order valence-corrected chi connectivity index (χ2v) is 7.13. The first-order chi connectivity index (χ1) is 13.0. The summed E-state index contributed by atoms with van der Waals surface area (Å²) in [5.74, 6) is -37.7. The molecule has 0 aliphatic carbocycles. The highest BCUT2D eigenvalue weighted by atomic mass is 31.2. The SMILES string of the molecule is CCCCOP(=O)([O-])OCCC(F)(F)C(F)(F)C(F)(F)C(F)(F)C(F)(F)C(F)(F)F. The van der Waals surface area contributed by atoms with E-state index in [9.17, 15) is 66.5 Å². The van der Waals surface area contributed by atoms with Crippen LogP contribution >= 0.6 is 7.82 Å². The van der Waals surface area contributed by atoms with Crippen LogP contribution in [0.15, 0.2) is 0 Å². The molecule has 0 aromatic carbocycles. The van der Waals surface area contributed by atoms with Crippen LogP contribution in [0.3, 0.4) is 0 Å². The molecule has 1 atom stereocenters. The largest absolute Gasteiger partial charge is 0.756 e. The van der Waals surface area contributed by atoms with E-state index in [1.807, 2.05) is 0 Å². The number of phosphoric acid groups is 1. The van der Waals surface area contributed by atoms with E-state index in [2.05, 4.69) is 9.05 Å². The monoisotopic (exact) mass is 499 g/mol. The molecular weight excluding hydrogens is 486 g/mol. The van der Waals surface area contributed by atoms with Gasteiger partial charge in [0.15, 0.2) is 0 Å². The summed E-state index contributed by atoms with van der Waals surface area (Å²) in [5, 5.41) is 0. The van der Waals surface area contributed by atoms with Gasteiger partial charge in [0.2, 0.25) is 0 Å². The van der Waals surface area contributed by atoms with Crippen molar-refractivity contribution < 1.29 is 75.6 Å². The maximum atomic E-state index is 13.4. The van der Waals surface area contributed by atoms with Gasteiger partial charge >= 0.3 is 35.8 Å². The van der Waals surface area contributed by atoms with Crippen molar-refractivity contribution >= 4 is 7.82 Å². The van der Waals surface area contributed by atoms with Crippen LogP contribution in [0.2, 0.25) is 0 Å². The van der Waals surface area contributed by atoms with E-state index in [0.29, 0.717) is 6.42 Å². The third-order valence-corrected chi connectivity index (χ3v) is 4.41. The predicted molar refractivity (Wildman–Crippen MR) is 69.8 cm³/mol. The Labute approximate surface area is 159 Å². The van der Waals surface area contributed by atoms with Crippen molar-refractivity contribution in [2.75, 3.05) is 13.2 Å². The number of hydrogen-bond acceptors (Lipinski definition) is 4. The summed E-state index contributed by atoms with van der Waals surface area (Å²) in [5.41, 5.74) is 0. The molecule has 0 aliphatic rings. The predicted octanol–water partition coefficient (Wildman–Crippen LogP) is 5.42. The average molecular weight is 499 g/mol. The number of unbranched alkanes of at least 4 members (excludes halogenated alkanes) is 1. The van der Waals surface area contributed by atoms with E-state index in [-0.39, 0.29) is 6.42 Å². The van der Waals surface area contributed by atoms with Gasteiger partial charge in [-0.25, -0.2) is 0 Å². The van der Waals surface area contributed by atoms with E-state index in [0.717, 1.165) is 0 Å². The van der Waals surface area contributed by atoms with Crippen molar-refractivity contribution in [3.05, 3.63) is 0 Å². The highest BCUT2D eigenvalue weighted by Gasteiger charge is 2.90. The normalized spacial score (nSPS) is 17.2. The average Bonchev–Trinajstić information content (AvgIpc) is 2.52. The number of rotatable bonds is 12. The van der Waals surface area contributed by atoms with Crippen LogP contribution in [0.4, 0.5) is 57.1 Å². The van der Waals surface area contributed by atoms with Crippen molar-refractivity contribution in [2.24, 2.45) is 0 Å². The van der Waals surface area contributed by atoms with Gasteiger partial charge in [-0.3, -0.25) is 4.57 Å². The highest BCUT2D eigenvalue weighted by molar-refractivity contribution is 7.45. The first-order valence-electron chi connectivity index (χ1n) is 7.58. The van der Waals surface area contributed by atoms with Gasteiger partial charge < -0.3 is 13.9 Å². The van der Waals surface area contributed by atoms with Crippen LogP contribution in [0.1, 0.15) is 26.2 Å². The van der Waals surface area contributed by atoms with Crippen molar-refractivity contribution in [3.63, 3.8) is 0 Å². The Balaban J connectivity index is 5.59. The van der Waals surface area contributed by atoms with Crippen LogP contribution in [0.25, 0.3) is 0 Å². The molecule has 18 heteroatoms. The highest BCUT2D eigenvalue weighted by Crippen LogP contribution is 2.60. The molecule has 0 bridgehead atoms. The Morgan fingerprint density at radius 3 is 1.50 bits per heavy atom. The fourth-order valence-corrected chi connectivity index (χ4v) is 2.34. The van der Waals surface area contributed by atoms with E-state index < -0.39 is 63.2 Å². The maximum absolute atomic E-state index is 13.4. The van der Waals surface area contributed by atoms with Crippen molar-refractivity contribution in [3.8, 4) is 0 Å². The quantitative estimate of drug-likeness (QED) is 0.205. The second-order valence-electron chi connectivity index (χ2n) is 5.72. The van der Waals surface area contributed by atoms with Gasteiger partial charge in [-0.1, -0.05) is 13.3 Å². The Bertz CT molecular complexity index is 620. The minimum atomic E-state index is -8.01. The van der Waals surface area contributed by atoms with Gasteiger partial charge in [0, 0.05) is 6.42 Å². The Morgan fingerprint density at radius 1 is 0.700 bits per heavy atom. The summed E-state index contributed by atoms with van der Waals surface area (Å²) in [6.45, 7) is -1.08. The topological polar surface area (TPSA) is 58.6 Å². The van der Waals surface area contributed by atoms with E-state index in [4.69, 9.17) is 0 Å². The zero-order valence-electron chi connectivity index (χ0n) is 14.5. The maximum Gasteiger partial charge on any atom is 0.460 e. The van der Waals surface area contributed by atoms with E-state index in [1.165, 1.54) is 0 Å². The molecule has 4 nitrogen and oxygen atoms in total. The van der Waals surface area contributed by atoms with Crippen LogP contribution < -0.4 is 4.89 Å². The van der Waals surface area contributed by atoms with Crippen molar-refractivity contribution in [2.45, 2.75) is 62.0 Å². The Hall–Kier alpha value is -0.800. The lowest BCUT2D eigenvalue weighted by atomic mass is 9.93. The molecule has 0 fully saturated rings. The fourth-order valence-electron chi connectivity index (χ4n) is 1.60. The molecule has 0 rings (SSSR count). The number of hydrogen-bond donors (Lipinski definition) is 0. The molecule has 0 aliphatic heterocycles. The van der Waals surface area contributed by atoms with E-state index >= 15 is 0 Å². The third-order valence-electron chi connectivity index (χ3n) is 3.41. The standard InChI is InChI=1S/C12H14F13O4P/c1-2-3-5-28-30(26,27)29-6-4-7(13,14)8(15,16)9(17,18)10(19,20)11(21,22)12(23,24)25/h2-6H2,1H3,(H,26,27)/p-1. The van der Waals surface area contributed by atoms with Gasteiger partial charge in [0.05, 0.1) is 13.2 Å². The lowest BCUT2D eigenvalue weighted by molar-refractivity contribution is -0.440. The molecule has 0 N–H and O–H groups in total. The van der Waals surface area contributed by atoms with Crippen LogP contribution in [-0.2, 0) is 13.6 Å². The van der Waals surface area contributed by atoms with E-state index in [1.54, 1.807) is 6.92 Å². The molecule has 182 valence electrons. The third kappa shape index (κ3) is 5.51. The first kappa shape index (κ1) is 29.2. The zero-order chi connectivity index (χ0) is 24.4. The van der Waals surface area contributed by atoms with Gasteiger partial charge in [0.25, 0.3) is 7.82 Å². The lowest BCUT2D eigenvalue weighted by Gasteiger charge is -2.39. The summed E-state index contributed by atoms with van der Waals surface area (Å²) in [6, 6.07) is 0. The minimum absolute atomic E-state index is 0.0958. The van der Waals surface area contributed by atoms with Gasteiger partial charge in [-0.15, -0.1) is 0 Å². The van der Waals surface area contributed by atoms with Gasteiger partial charge in [-0.05, 0) is 6.42 Å². The number of halogens is 13. The summed E-state index contributed by atoms with van der Waals surface area (Å²) in [4.78, 5) is 11.1. The molecule has 0 aromatic heterocycles. The number of alkyl halides is 13. The smallest absolute Gasteiger partial charge is 0.460 e. The fraction of sp³-hybridized carbons (Fsp3) is 1.00. The Kier molecular flexibility index (Phi) is 8.74. The summed E-state index contributed by atoms with van der Waals surface area (Å²) >= 11 is 0. The van der Waals surface area contributed by atoms with Crippen LogP contribution in [0.5, 0.6) is 0 Å². The Morgan fingerprint density at radius 2 is 1.10 bits per heavy atom. The zero-order valence-corrected chi connectivity index (χ0v) is 15.4. The summed E-state index contributed by atoms with van der Waals surface area (Å²) in [6.07, 6.45) is -9.82. The van der Waals surface area contributed by atoms with Crippen LogP contribution in [-0.4, -0.2) is 49.0 Å². The molecule has 0 heterocycles. The lowest BCUT2D eigenvalue weighted by Crippen LogP contribution is -2.70. The second kappa shape index (κ2) is 8.98. The molecule has 0 aromatic rings. The molecule has 30 heavy (non-hydrogen) atoms. The van der Waals surface area contributed by atoms with Crippen LogP contribution in [0, 0.1) is 0 Å². The molecule has 0 spiro atoms. The summed E-state index contributed by atoms with van der Waals surface area (Å²) in [7, 11) is -5.42. The molecule has 1 unspecified atom stereocenters. The van der Waals surface area contributed by atoms with Gasteiger partial charge in [-0.2, -0.15) is 57.1 Å². The molecule has 0 radical (unpaired) electrons. The molecule has 0 saturated carbocycles.